The minimum absolute atomic E-state index is 0.00997. The second-order valence-corrected chi connectivity index (χ2v) is 8.74. The molecule has 1 saturated heterocycles. The number of piperazine rings is 1. The third-order valence-electron chi connectivity index (χ3n) is 6.52. The van der Waals surface area contributed by atoms with Crippen LogP contribution in [-0.2, 0) is 6.54 Å². The first-order chi connectivity index (χ1) is 16.1. The molecule has 9 nitrogen and oxygen atoms in total. The topological polar surface area (TPSA) is 71.8 Å². The minimum Gasteiger partial charge on any atom is -0.454 e. The molecular formula is C24H31N7O2. The summed E-state index contributed by atoms with van der Waals surface area (Å²) in [6.45, 7) is 8.19. The summed E-state index contributed by atoms with van der Waals surface area (Å²) in [7, 11) is 4.12. The standard InChI is InChI=1S/C24H31N7O2/c1-4-29-11-13-30(14-12-29)23(19-6-8-20(9-7-19)28(2)3)24-25-26-27-31(24)16-18-5-10-21-22(15-18)33-17-32-21/h5-10,15,23H,4,11-14,16-17H2,1-3H3/t23-/m1/s1. The molecule has 1 atom stereocenters. The smallest absolute Gasteiger partial charge is 0.231 e. The van der Waals surface area contributed by atoms with Gasteiger partial charge in [0.2, 0.25) is 6.79 Å². The van der Waals surface area contributed by atoms with Crippen LogP contribution in [0.25, 0.3) is 0 Å². The first-order valence-corrected chi connectivity index (χ1v) is 11.5. The Morgan fingerprint density at radius 1 is 0.970 bits per heavy atom. The molecule has 2 aliphatic rings. The molecule has 0 bridgehead atoms. The Hall–Kier alpha value is -3.17. The summed E-state index contributed by atoms with van der Waals surface area (Å²) in [5.74, 6) is 2.41. The van der Waals surface area contributed by atoms with Crippen LogP contribution in [0.2, 0.25) is 0 Å². The summed E-state index contributed by atoms with van der Waals surface area (Å²) in [5.41, 5.74) is 3.45. The van der Waals surface area contributed by atoms with Gasteiger partial charge in [0.05, 0.1) is 12.6 Å². The number of rotatable bonds is 7. The molecule has 0 saturated carbocycles. The fraction of sp³-hybridized carbons (Fsp3) is 0.458. The Bertz CT molecular complexity index is 1070. The van der Waals surface area contributed by atoms with E-state index < -0.39 is 0 Å². The number of benzene rings is 2. The highest BCUT2D eigenvalue weighted by Crippen LogP contribution is 2.33. The molecule has 3 heterocycles. The maximum Gasteiger partial charge on any atom is 0.231 e. The van der Waals surface area contributed by atoms with Crippen molar-refractivity contribution in [3.63, 3.8) is 0 Å². The van der Waals surface area contributed by atoms with Crippen molar-refractivity contribution in [1.82, 2.24) is 30.0 Å². The maximum atomic E-state index is 5.55. The van der Waals surface area contributed by atoms with Crippen LogP contribution in [0.15, 0.2) is 42.5 Å². The maximum absolute atomic E-state index is 5.55. The average molecular weight is 450 g/mol. The van der Waals surface area contributed by atoms with Crippen LogP contribution in [0.1, 0.15) is 29.9 Å². The third kappa shape index (κ3) is 4.51. The van der Waals surface area contributed by atoms with Gasteiger partial charge in [0.1, 0.15) is 0 Å². The van der Waals surface area contributed by atoms with Gasteiger partial charge in [-0.2, -0.15) is 0 Å². The van der Waals surface area contributed by atoms with Crippen molar-refractivity contribution < 1.29 is 9.47 Å². The van der Waals surface area contributed by atoms with E-state index in [4.69, 9.17) is 9.47 Å². The van der Waals surface area contributed by atoms with E-state index in [1.165, 1.54) is 11.3 Å². The summed E-state index contributed by atoms with van der Waals surface area (Å²) in [6.07, 6.45) is 0. The summed E-state index contributed by atoms with van der Waals surface area (Å²) in [6, 6.07) is 14.7. The SMILES string of the molecule is CCN1CCN([C@H](c2ccc(N(C)C)cc2)c2nnnn2Cc2ccc3c(c2)OCO3)CC1. The van der Waals surface area contributed by atoms with Crippen molar-refractivity contribution in [2.45, 2.75) is 19.5 Å². The molecule has 0 amide bonds. The molecule has 5 rings (SSSR count). The van der Waals surface area contributed by atoms with Crippen LogP contribution in [0, 0.1) is 0 Å². The van der Waals surface area contributed by atoms with Gasteiger partial charge in [-0.15, -0.1) is 5.10 Å². The van der Waals surface area contributed by atoms with E-state index in [0.29, 0.717) is 6.54 Å². The van der Waals surface area contributed by atoms with E-state index in [-0.39, 0.29) is 12.8 Å². The van der Waals surface area contributed by atoms with Crippen molar-refractivity contribution in [1.29, 1.82) is 0 Å². The van der Waals surface area contributed by atoms with Gasteiger partial charge in [-0.3, -0.25) is 4.90 Å². The molecule has 2 aromatic carbocycles. The fourth-order valence-electron chi connectivity index (χ4n) is 4.55. The highest BCUT2D eigenvalue weighted by Gasteiger charge is 2.30. The molecule has 1 aromatic heterocycles. The first-order valence-electron chi connectivity index (χ1n) is 11.5. The van der Waals surface area contributed by atoms with Gasteiger partial charge in [0, 0.05) is 46.0 Å². The van der Waals surface area contributed by atoms with Crippen LogP contribution < -0.4 is 14.4 Å². The lowest BCUT2D eigenvalue weighted by atomic mass is 10.0. The van der Waals surface area contributed by atoms with Crippen molar-refractivity contribution in [3.05, 3.63) is 59.4 Å². The number of anilines is 1. The van der Waals surface area contributed by atoms with Crippen LogP contribution in [0.4, 0.5) is 5.69 Å². The molecule has 174 valence electrons. The Labute approximate surface area is 194 Å². The van der Waals surface area contributed by atoms with Gasteiger partial charge in [0.15, 0.2) is 17.3 Å². The molecule has 0 spiro atoms. The van der Waals surface area contributed by atoms with Crippen molar-refractivity contribution >= 4 is 5.69 Å². The van der Waals surface area contributed by atoms with E-state index >= 15 is 0 Å². The van der Waals surface area contributed by atoms with Crippen LogP contribution in [0.5, 0.6) is 11.5 Å². The molecule has 3 aromatic rings. The number of tetrazole rings is 1. The molecule has 33 heavy (non-hydrogen) atoms. The van der Waals surface area contributed by atoms with Crippen LogP contribution >= 0.6 is 0 Å². The zero-order valence-electron chi connectivity index (χ0n) is 19.5. The van der Waals surface area contributed by atoms with Gasteiger partial charge in [-0.1, -0.05) is 25.1 Å². The fourth-order valence-corrected chi connectivity index (χ4v) is 4.55. The Balaban J connectivity index is 1.46. The summed E-state index contributed by atoms with van der Waals surface area (Å²) >= 11 is 0. The summed E-state index contributed by atoms with van der Waals surface area (Å²) in [4.78, 5) is 7.10. The number of hydrogen-bond donors (Lipinski definition) is 0. The lowest BCUT2D eigenvalue weighted by Gasteiger charge is -2.38. The highest BCUT2D eigenvalue weighted by molar-refractivity contribution is 5.47. The van der Waals surface area contributed by atoms with E-state index in [2.05, 4.69) is 75.5 Å². The first kappa shape index (κ1) is 21.7. The largest absolute Gasteiger partial charge is 0.454 e. The zero-order chi connectivity index (χ0) is 22.8. The molecule has 1 fully saturated rings. The second-order valence-electron chi connectivity index (χ2n) is 8.74. The molecule has 0 N–H and O–H groups in total. The number of ether oxygens (including phenoxy) is 2. The quantitative estimate of drug-likeness (QED) is 0.544. The molecule has 0 unspecified atom stereocenters. The number of likely N-dealkylation sites (N-methyl/N-ethyl adjacent to an activating group) is 1. The number of aromatic nitrogens is 4. The van der Waals surface area contributed by atoms with Crippen LogP contribution in [-0.4, -0.2) is 83.6 Å². The molecule has 0 aliphatic carbocycles. The zero-order valence-corrected chi connectivity index (χ0v) is 19.5. The Morgan fingerprint density at radius 3 is 2.45 bits per heavy atom. The van der Waals surface area contributed by atoms with E-state index in [1.807, 2.05) is 22.9 Å². The third-order valence-corrected chi connectivity index (χ3v) is 6.52. The van der Waals surface area contributed by atoms with E-state index in [9.17, 15) is 0 Å². The lowest BCUT2D eigenvalue weighted by molar-refractivity contribution is 0.108. The van der Waals surface area contributed by atoms with Crippen molar-refractivity contribution in [2.75, 3.05) is 58.5 Å². The van der Waals surface area contributed by atoms with E-state index in [1.54, 1.807) is 0 Å². The monoisotopic (exact) mass is 449 g/mol. The Kier molecular flexibility index (Phi) is 6.15. The van der Waals surface area contributed by atoms with Gasteiger partial charge in [-0.05, 0) is 52.4 Å². The lowest BCUT2D eigenvalue weighted by Crippen LogP contribution is -2.48. The van der Waals surface area contributed by atoms with Gasteiger partial charge >= 0.3 is 0 Å². The Morgan fingerprint density at radius 2 is 1.73 bits per heavy atom. The molecule has 0 radical (unpaired) electrons. The van der Waals surface area contributed by atoms with Crippen molar-refractivity contribution in [2.24, 2.45) is 0 Å². The summed E-state index contributed by atoms with van der Waals surface area (Å²) in [5, 5.41) is 12.9. The normalized spacial score (nSPS) is 17.3. The number of nitrogens with zero attached hydrogens (tertiary/aromatic N) is 7. The predicted molar refractivity (Wildman–Crippen MR) is 126 cm³/mol. The van der Waals surface area contributed by atoms with Crippen LogP contribution in [0.3, 0.4) is 0 Å². The highest BCUT2D eigenvalue weighted by atomic mass is 16.7. The summed E-state index contributed by atoms with van der Waals surface area (Å²) < 4.78 is 12.9. The van der Waals surface area contributed by atoms with Gasteiger partial charge in [-0.25, -0.2) is 4.68 Å². The van der Waals surface area contributed by atoms with Gasteiger partial charge in [0.25, 0.3) is 0 Å². The molecule has 2 aliphatic heterocycles. The average Bonchev–Trinajstić information content (AvgIpc) is 3.49. The van der Waals surface area contributed by atoms with E-state index in [0.717, 1.165) is 55.6 Å². The van der Waals surface area contributed by atoms with Crippen molar-refractivity contribution in [3.8, 4) is 11.5 Å². The minimum atomic E-state index is -0.00997. The molecular weight excluding hydrogens is 418 g/mol. The number of fused-ring (bicyclic) bond motifs is 1. The number of hydrogen-bond acceptors (Lipinski definition) is 8. The second kappa shape index (κ2) is 9.36. The van der Waals surface area contributed by atoms with Gasteiger partial charge < -0.3 is 19.3 Å². The molecule has 9 heteroatoms. The predicted octanol–water partition coefficient (Wildman–Crippen LogP) is 2.24.